The Balaban J connectivity index is 1.88. The number of benzene rings is 1. The van der Waals surface area contributed by atoms with Crippen molar-refractivity contribution in [1.82, 2.24) is 15.3 Å². The molecule has 0 aliphatic carbocycles. The van der Waals surface area contributed by atoms with Crippen LogP contribution in [-0.4, -0.2) is 73.3 Å². The van der Waals surface area contributed by atoms with Crippen LogP contribution in [-0.2, 0) is 32.9 Å². The van der Waals surface area contributed by atoms with Crippen molar-refractivity contribution in [3.8, 4) is 0 Å². The standard InChI is InChI=1S/C25H36N3O9P/c1-5-36-22(30)15-14-20(25(33)37-6-2)27-38(34,35-4)17(3)26-21(29)13-9-10-16-28-23(31)18-11-7-8-12-19(18)24(28)32/h7-8,11-12,17,20H,5-6,9-10,13-16H2,1-4H3,(H,26,29)(H,27,34)/t17?,20-,38?/m1/s1. The molecule has 0 aromatic heterocycles. The van der Waals surface area contributed by atoms with Crippen molar-refractivity contribution in [1.29, 1.82) is 0 Å². The van der Waals surface area contributed by atoms with Crippen molar-refractivity contribution in [2.75, 3.05) is 26.9 Å². The number of carbonyl (C=O) groups is 5. The Kier molecular flexibility index (Phi) is 12.1. The Bertz CT molecular complexity index is 1040. The monoisotopic (exact) mass is 553 g/mol. The van der Waals surface area contributed by atoms with E-state index in [4.69, 9.17) is 14.0 Å². The number of amides is 3. The Morgan fingerprint density at radius 2 is 1.58 bits per heavy atom. The van der Waals surface area contributed by atoms with Gasteiger partial charge in [-0.1, -0.05) is 12.1 Å². The maximum absolute atomic E-state index is 13.4. The first kappa shape index (κ1) is 31.1. The lowest BCUT2D eigenvalue weighted by atomic mass is 10.1. The average molecular weight is 554 g/mol. The number of imide groups is 1. The van der Waals surface area contributed by atoms with Crippen molar-refractivity contribution < 1.29 is 42.5 Å². The van der Waals surface area contributed by atoms with E-state index < -0.39 is 37.2 Å². The van der Waals surface area contributed by atoms with Crippen molar-refractivity contribution in [2.24, 2.45) is 0 Å². The highest BCUT2D eigenvalue weighted by atomic mass is 31.2. The van der Waals surface area contributed by atoms with E-state index in [-0.39, 0.29) is 50.8 Å². The topological polar surface area (TPSA) is 157 Å². The number of hydrogen-bond acceptors (Lipinski definition) is 9. The molecule has 1 heterocycles. The van der Waals surface area contributed by atoms with Gasteiger partial charge in [-0.15, -0.1) is 0 Å². The van der Waals surface area contributed by atoms with Crippen LogP contribution in [0.1, 0.15) is 73.6 Å². The lowest BCUT2D eigenvalue weighted by Crippen LogP contribution is -2.43. The fourth-order valence-corrected chi connectivity index (χ4v) is 5.53. The first-order valence-electron chi connectivity index (χ1n) is 12.6. The summed E-state index contributed by atoms with van der Waals surface area (Å²) in [5.74, 6) is -3.35. The molecule has 2 unspecified atom stereocenters. The first-order valence-corrected chi connectivity index (χ1v) is 14.3. The zero-order valence-electron chi connectivity index (χ0n) is 22.2. The molecule has 0 saturated carbocycles. The van der Waals surface area contributed by atoms with Gasteiger partial charge in [0.25, 0.3) is 19.3 Å². The van der Waals surface area contributed by atoms with Gasteiger partial charge in [0.05, 0.1) is 24.3 Å². The summed E-state index contributed by atoms with van der Waals surface area (Å²) in [5.41, 5.74) is 0.741. The predicted molar refractivity (Wildman–Crippen MR) is 137 cm³/mol. The lowest BCUT2D eigenvalue weighted by molar-refractivity contribution is -0.146. The second-order valence-electron chi connectivity index (χ2n) is 8.57. The van der Waals surface area contributed by atoms with Crippen LogP contribution in [0.2, 0.25) is 0 Å². The number of fused-ring (bicyclic) bond motifs is 1. The van der Waals surface area contributed by atoms with Crippen LogP contribution < -0.4 is 10.4 Å². The summed E-state index contributed by atoms with van der Waals surface area (Å²) in [5, 5.41) is 5.26. The Labute approximate surface area is 222 Å². The molecular formula is C25H36N3O9P. The van der Waals surface area contributed by atoms with Crippen LogP contribution in [0.25, 0.3) is 0 Å². The summed E-state index contributed by atoms with van der Waals surface area (Å²) < 4.78 is 28.5. The smallest absolute Gasteiger partial charge is 0.323 e. The lowest BCUT2D eigenvalue weighted by Gasteiger charge is -2.28. The van der Waals surface area contributed by atoms with Crippen molar-refractivity contribution >= 4 is 37.2 Å². The van der Waals surface area contributed by atoms with Gasteiger partial charge in [-0.05, 0) is 52.2 Å². The van der Waals surface area contributed by atoms with E-state index in [1.54, 1.807) is 38.1 Å². The van der Waals surface area contributed by atoms with E-state index in [2.05, 4.69) is 10.4 Å². The van der Waals surface area contributed by atoms with Gasteiger partial charge in [-0.25, -0.2) is 5.09 Å². The third kappa shape index (κ3) is 8.21. The van der Waals surface area contributed by atoms with E-state index in [0.29, 0.717) is 24.0 Å². The van der Waals surface area contributed by atoms with Gasteiger partial charge in [0.15, 0.2) is 0 Å². The number of nitrogens with one attached hydrogen (secondary N) is 2. The molecule has 3 atom stereocenters. The van der Waals surface area contributed by atoms with Crippen molar-refractivity contribution in [2.45, 2.75) is 64.7 Å². The molecule has 1 aliphatic rings. The molecule has 12 nitrogen and oxygen atoms in total. The predicted octanol–water partition coefficient (Wildman–Crippen LogP) is 2.62. The van der Waals surface area contributed by atoms with Crippen molar-refractivity contribution in [3.05, 3.63) is 35.4 Å². The van der Waals surface area contributed by atoms with E-state index in [1.807, 2.05) is 0 Å². The van der Waals surface area contributed by atoms with Gasteiger partial charge in [0.1, 0.15) is 11.8 Å². The number of carbonyl (C=O) groups excluding carboxylic acids is 5. The SMILES string of the molecule is CCOC(=O)CC[C@@H](NP(=O)(OC)C(C)NC(=O)CCCCN1C(=O)c2ccccc2C1=O)C(=O)OCC. The molecule has 0 fully saturated rings. The molecule has 2 N–H and O–H groups in total. The van der Waals surface area contributed by atoms with Crippen LogP contribution in [0.15, 0.2) is 24.3 Å². The Morgan fingerprint density at radius 3 is 2.13 bits per heavy atom. The molecule has 0 spiro atoms. The van der Waals surface area contributed by atoms with Crippen LogP contribution in [0.3, 0.4) is 0 Å². The quantitative estimate of drug-likeness (QED) is 0.135. The number of unbranched alkanes of at least 4 members (excludes halogenated alkanes) is 1. The van der Waals surface area contributed by atoms with E-state index in [1.165, 1.54) is 18.9 Å². The minimum absolute atomic E-state index is 0.0382. The van der Waals surface area contributed by atoms with Crippen LogP contribution >= 0.6 is 7.52 Å². The van der Waals surface area contributed by atoms with Crippen molar-refractivity contribution in [3.63, 3.8) is 0 Å². The Hall–Kier alpha value is -3.08. The summed E-state index contributed by atoms with van der Waals surface area (Å²) in [4.78, 5) is 62.7. The zero-order valence-corrected chi connectivity index (χ0v) is 23.1. The highest BCUT2D eigenvalue weighted by Crippen LogP contribution is 2.46. The summed E-state index contributed by atoms with van der Waals surface area (Å²) in [6.45, 7) is 5.20. The zero-order chi connectivity index (χ0) is 28.3. The summed E-state index contributed by atoms with van der Waals surface area (Å²) in [6.07, 6.45) is 0.695. The van der Waals surface area contributed by atoms with E-state index >= 15 is 0 Å². The molecular weight excluding hydrogens is 517 g/mol. The maximum Gasteiger partial charge on any atom is 0.323 e. The first-order chi connectivity index (χ1) is 18.1. The maximum atomic E-state index is 13.4. The summed E-state index contributed by atoms with van der Waals surface area (Å²) in [6, 6.07) is 5.49. The van der Waals surface area contributed by atoms with Crippen LogP contribution in [0.4, 0.5) is 0 Å². The third-order valence-corrected chi connectivity index (χ3v) is 8.28. The number of rotatable bonds is 16. The number of nitrogens with zero attached hydrogens (tertiary/aromatic N) is 1. The molecule has 0 saturated heterocycles. The van der Waals surface area contributed by atoms with Gasteiger partial charge in [-0.2, -0.15) is 0 Å². The van der Waals surface area contributed by atoms with Gasteiger partial charge < -0.3 is 19.3 Å². The number of hydrogen-bond donors (Lipinski definition) is 2. The van der Waals surface area contributed by atoms with E-state index in [0.717, 1.165) is 0 Å². The molecule has 13 heteroatoms. The minimum atomic E-state index is -3.79. The highest BCUT2D eigenvalue weighted by molar-refractivity contribution is 7.57. The number of ether oxygens (including phenoxy) is 2. The van der Waals surface area contributed by atoms with Gasteiger partial charge in [0.2, 0.25) is 5.91 Å². The molecule has 1 aromatic rings. The Morgan fingerprint density at radius 1 is 0.974 bits per heavy atom. The fourth-order valence-electron chi connectivity index (χ4n) is 3.90. The normalized spacial score (nSPS) is 15.8. The molecule has 1 aromatic carbocycles. The second kappa shape index (κ2) is 14.8. The van der Waals surface area contributed by atoms with Crippen LogP contribution in [0, 0.1) is 0 Å². The molecule has 2 rings (SSSR count). The third-order valence-electron chi connectivity index (χ3n) is 5.91. The fraction of sp³-hybridized carbons (Fsp3) is 0.560. The van der Waals surface area contributed by atoms with Gasteiger partial charge in [0, 0.05) is 26.5 Å². The summed E-state index contributed by atoms with van der Waals surface area (Å²) in [7, 11) is -2.61. The molecule has 0 bridgehead atoms. The van der Waals surface area contributed by atoms with E-state index in [9.17, 15) is 28.5 Å². The largest absolute Gasteiger partial charge is 0.466 e. The van der Waals surface area contributed by atoms with Gasteiger partial charge in [-0.3, -0.25) is 33.4 Å². The molecule has 0 radical (unpaired) electrons. The number of esters is 2. The summed E-state index contributed by atoms with van der Waals surface area (Å²) >= 11 is 0. The average Bonchev–Trinajstić information content (AvgIpc) is 3.13. The van der Waals surface area contributed by atoms with Crippen LogP contribution in [0.5, 0.6) is 0 Å². The molecule has 210 valence electrons. The molecule has 1 aliphatic heterocycles. The minimum Gasteiger partial charge on any atom is -0.466 e. The molecule has 3 amide bonds. The van der Waals surface area contributed by atoms with Gasteiger partial charge >= 0.3 is 11.9 Å². The second-order valence-corrected chi connectivity index (χ2v) is 11.2. The molecule has 38 heavy (non-hydrogen) atoms. The highest BCUT2D eigenvalue weighted by Gasteiger charge is 2.37.